The summed E-state index contributed by atoms with van der Waals surface area (Å²) in [6, 6.07) is -4.87. The Bertz CT molecular complexity index is 623. The maximum Gasteiger partial charge on any atom is 0.327 e. The van der Waals surface area contributed by atoms with E-state index in [2.05, 4.69) is 28.6 Å². The molecule has 0 saturated heterocycles. The second-order valence-electron chi connectivity index (χ2n) is 6.28. The molecule has 0 fully saturated rings. The number of hydrogen-bond donors (Lipinski definition) is 8. The van der Waals surface area contributed by atoms with Crippen LogP contribution in [0.4, 0.5) is 0 Å². The molecule has 0 spiro atoms. The van der Waals surface area contributed by atoms with Gasteiger partial charge in [0.05, 0.1) is 12.6 Å². The summed E-state index contributed by atoms with van der Waals surface area (Å²) in [6.45, 7) is -0.772. The fraction of sp³-hybridized carbons (Fsp3) is 0.688. The standard InChI is InChI=1S/C16H29N5O7S2/c1-30-5-4-9(14(25)21-11(7-29)16(27)28)19-15(26)10(6-22)20-13(24)8(17)2-3-12(18)23/h8-11,22,29H,2-7,17H2,1H3,(H2,18,23)(H,19,26)(H,20,24)(H,21,25)(H,27,28). The first kappa shape index (κ1) is 28.0. The number of rotatable bonds is 15. The average molecular weight is 468 g/mol. The molecule has 0 aliphatic heterocycles. The van der Waals surface area contributed by atoms with Crippen molar-refractivity contribution in [1.82, 2.24) is 16.0 Å². The van der Waals surface area contributed by atoms with Crippen LogP contribution in [0.25, 0.3) is 0 Å². The third kappa shape index (κ3) is 10.7. The molecular weight excluding hydrogens is 438 g/mol. The molecule has 0 aliphatic rings. The monoisotopic (exact) mass is 467 g/mol. The summed E-state index contributed by atoms with van der Waals surface area (Å²) in [5.74, 6) is -3.96. The van der Waals surface area contributed by atoms with Crippen molar-refractivity contribution < 1.29 is 34.2 Å². The molecule has 0 aliphatic carbocycles. The zero-order chi connectivity index (χ0) is 23.3. The van der Waals surface area contributed by atoms with Crippen molar-refractivity contribution in [3.63, 3.8) is 0 Å². The molecule has 14 heteroatoms. The zero-order valence-electron chi connectivity index (χ0n) is 16.5. The Balaban J connectivity index is 5.07. The highest BCUT2D eigenvalue weighted by Gasteiger charge is 2.29. The summed E-state index contributed by atoms with van der Waals surface area (Å²) in [5, 5.41) is 25.4. The molecule has 0 bridgehead atoms. The van der Waals surface area contributed by atoms with E-state index < -0.39 is 60.4 Å². The zero-order valence-corrected chi connectivity index (χ0v) is 18.2. The summed E-state index contributed by atoms with van der Waals surface area (Å²) in [6.07, 6.45) is 1.80. The van der Waals surface area contributed by atoms with Crippen molar-refractivity contribution in [2.45, 2.75) is 43.4 Å². The molecule has 0 radical (unpaired) electrons. The van der Waals surface area contributed by atoms with Crippen molar-refractivity contribution in [2.75, 3.05) is 24.4 Å². The summed E-state index contributed by atoms with van der Waals surface area (Å²) in [4.78, 5) is 58.8. The van der Waals surface area contributed by atoms with E-state index in [-0.39, 0.29) is 25.0 Å². The molecule has 4 atom stereocenters. The van der Waals surface area contributed by atoms with Gasteiger partial charge in [0, 0.05) is 12.2 Å². The number of carboxylic acid groups (broad SMARTS) is 1. The van der Waals surface area contributed by atoms with E-state index >= 15 is 0 Å². The molecule has 30 heavy (non-hydrogen) atoms. The van der Waals surface area contributed by atoms with Crippen LogP contribution in [0, 0.1) is 0 Å². The van der Waals surface area contributed by atoms with Crippen molar-refractivity contribution in [2.24, 2.45) is 11.5 Å². The SMILES string of the molecule is CSCCC(NC(=O)C(CO)NC(=O)C(N)CCC(N)=O)C(=O)NC(CS)C(=O)O. The van der Waals surface area contributed by atoms with E-state index in [9.17, 15) is 29.1 Å². The maximum absolute atomic E-state index is 12.4. The third-order valence-corrected chi connectivity index (χ3v) is 4.90. The quantitative estimate of drug-likeness (QED) is 0.114. The summed E-state index contributed by atoms with van der Waals surface area (Å²) < 4.78 is 0. The number of hydrogen-bond acceptors (Lipinski definition) is 9. The average Bonchev–Trinajstić information content (AvgIpc) is 2.70. The van der Waals surface area contributed by atoms with Crippen LogP contribution < -0.4 is 27.4 Å². The van der Waals surface area contributed by atoms with Crippen molar-refractivity contribution in [3.05, 3.63) is 0 Å². The van der Waals surface area contributed by atoms with E-state index in [0.29, 0.717) is 5.75 Å². The largest absolute Gasteiger partial charge is 0.480 e. The second-order valence-corrected chi connectivity index (χ2v) is 7.63. The lowest BCUT2D eigenvalue weighted by molar-refractivity contribution is -0.141. The van der Waals surface area contributed by atoms with Gasteiger partial charge < -0.3 is 37.6 Å². The van der Waals surface area contributed by atoms with Gasteiger partial charge in [0.15, 0.2) is 0 Å². The summed E-state index contributed by atoms with van der Waals surface area (Å²) >= 11 is 5.27. The topological polar surface area (TPSA) is 214 Å². The van der Waals surface area contributed by atoms with Gasteiger partial charge in [-0.25, -0.2) is 4.79 Å². The van der Waals surface area contributed by atoms with Crippen LogP contribution in [-0.2, 0) is 24.0 Å². The lowest BCUT2D eigenvalue weighted by Gasteiger charge is -2.24. The Hall–Kier alpha value is -2.03. The Labute approximate surface area is 183 Å². The number of primary amides is 1. The number of nitrogens with one attached hydrogen (secondary N) is 3. The molecule has 4 amide bonds. The van der Waals surface area contributed by atoms with Crippen LogP contribution >= 0.6 is 24.4 Å². The smallest absolute Gasteiger partial charge is 0.327 e. The third-order valence-electron chi connectivity index (χ3n) is 3.89. The minimum absolute atomic E-state index is 0.0417. The minimum Gasteiger partial charge on any atom is -0.480 e. The van der Waals surface area contributed by atoms with Crippen molar-refractivity contribution in [1.29, 1.82) is 0 Å². The molecular formula is C16H29N5O7S2. The van der Waals surface area contributed by atoms with Gasteiger partial charge >= 0.3 is 5.97 Å². The van der Waals surface area contributed by atoms with E-state index in [4.69, 9.17) is 16.6 Å². The lowest BCUT2D eigenvalue weighted by Crippen LogP contribution is -2.58. The number of nitrogens with two attached hydrogens (primary N) is 2. The van der Waals surface area contributed by atoms with Crippen LogP contribution in [0.15, 0.2) is 0 Å². The summed E-state index contributed by atoms with van der Waals surface area (Å²) in [5.41, 5.74) is 10.6. The maximum atomic E-state index is 12.4. The van der Waals surface area contributed by atoms with E-state index in [0.717, 1.165) is 0 Å². The Morgan fingerprint density at radius 3 is 1.97 bits per heavy atom. The van der Waals surface area contributed by atoms with Crippen molar-refractivity contribution in [3.8, 4) is 0 Å². The number of aliphatic carboxylic acids is 1. The number of thioether (sulfide) groups is 1. The predicted molar refractivity (Wildman–Crippen MR) is 114 cm³/mol. The van der Waals surface area contributed by atoms with E-state index in [1.54, 1.807) is 6.26 Å². The molecule has 0 aromatic carbocycles. The molecule has 0 aromatic rings. The number of carbonyl (C=O) groups is 5. The van der Waals surface area contributed by atoms with Crippen LogP contribution in [0.2, 0.25) is 0 Å². The second kappa shape index (κ2) is 14.9. The van der Waals surface area contributed by atoms with Gasteiger partial charge in [-0.05, 0) is 24.9 Å². The molecule has 4 unspecified atom stereocenters. The predicted octanol–water partition coefficient (Wildman–Crippen LogP) is -3.21. The minimum atomic E-state index is -1.40. The fourth-order valence-electron chi connectivity index (χ4n) is 2.14. The highest BCUT2D eigenvalue weighted by Crippen LogP contribution is 2.03. The van der Waals surface area contributed by atoms with Crippen LogP contribution in [-0.4, -0.2) is 88.3 Å². The highest BCUT2D eigenvalue weighted by atomic mass is 32.2. The fourth-order valence-corrected chi connectivity index (χ4v) is 2.86. The van der Waals surface area contributed by atoms with Gasteiger partial charge in [-0.2, -0.15) is 24.4 Å². The van der Waals surface area contributed by atoms with E-state index in [1.165, 1.54) is 11.8 Å². The molecule has 0 aromatic heterocycles. The Morgan fingerprint density at radius 1 is 0.967 bits per heavy atom. The van der Waals surface area contributed by atoms with Gasteiger partial charge in [-0.3, -0.25) is 19.2 Å². The van der Waals surface area contributed by atoms with E-state index in [1.807, 2.05) is 0 Å². The first-order chi connectivity index (χ1) is 14.1. The molecule has 0 rings (SSSR count). The molecule has 0 saturated carbocycles. The van der Waals surface area contributed by atoms with Crippen LogP contribution in [0.1, 0.15) is 19.3 Å². The highest BCUT2D eigenvalue weighted by molar-refractivity contribution is 7.98. The molecule has 0 heterocycles. The van der Waals surface area contributed by atoms with Crippen LogP contribution in [0.3, 0.4) is 0 Å². The van der Waals surface area contributed by atoms with Gasteiger partial charge in [0.25, 0.3) is 0 Å². The first-order valence-corrected chi connectivity index (χ1v) is 11.0. The number of thiol groups is 1. The first-order valence-electron chi connectivity index (χ1n) is 8.95. The van der Waals surface area contributed by atoms with Gasteiger partial charge in [-0.15, -0.1) is 0 Å². The molecule has 172 valence electrons. The normalized spacial score (nSPS) is 14.7. The van der Waals surface area contributed by atoms with Gasteiger partial charge in [-0.1, -0.05) is 0 Å². The lowest BCUT2D eigenvalue weighted by atomic mass is 10.1. The number of aliphatic hydroxyl groups is 1. The number of aliphatic hydroxyl groups excluding tert-OH is 1. The number of carbonyl (C=O) groups excluding carboxylic acids is 4. The Kier molecular flexibility index (Phi) is 13.9. The Morgan fingerprint density at radius 2 is 1.50 bits per heavy atom. The molecule has 12 nitrogen and oxygen atoms in total. The number of carboxylic acids is 1. The van der Waals surface area contributed by atoms with Crippen LogP contribution in [0.5, 0.6) is 0 Å². The van der Waals surface area contributed by atoms with Crippen molar-refractivity contribution >= 4 is 54.0 Å². The van der Waals surface area contributed by atoms with Gasteiger partial charge in [0.2, 0.25) is 23.6 Å². The van der Waals surface area contributed by atoms with Gasteiger partial charge in [0.1, 0.15) is 18.1 Å². The number of amides is 4. The summed E-state index contributed by atoms with van der Waals surface area (Å²) in [7, 11) is 0. The molecule has 9 N–H and O–H groups in total.